The average molecular weight is 489 g/mol. The molecule has 4 aromatic rings. The molecule has 0 unspecified atom stereocenters. The van der Waals surface area contributed by atoms with Crippen LogP contribution in [0.3, 0.4) is 0 Å². The maximum Gasteiger partial charge on any atom is 0.258 e. The second-order valence-electron chi connectivity index (χ2n) is 8.95. The number of hydrogen-bond acceptors (Lipinski definition) is 4. The molecule has 1 saturated heterocycles. The van der Waals surface area contributed by atoms with Crippen molar-refractivity contribution in [3.8, 4) is 0 Å². The summed E-state index contributed by atoms with van der Waals surface area (Å²) in [5.41, 5.74) is 2.23. The fraction of sp³-hybridized carbons (Fsp3) is 0.250. The molecule has 0 bridgehead atoms. The summed E-state index contributed by atoms with van der Waals surface area (Å²) in [6.45, 7) is 2.32. The first-order chi connectivity index (χ1) is 17.5. The minimum atomic E-state index is -0.311. The predicted octanol–water partition coefficient (Wildman–Crippen LogP) is 4.07. The highest BCUT2D eigenvalue weighted by Crippen LogP contribution is 2.30. The van der Waals surface area contributed by atoms with Gasteiger partial charge in [-0.1, -0.05) is 36.4 Å². The van der Waals surface area contributed by atoms with Crippen LogP contribution in [0.1, 0.15) is 29.4 Å². The van der Waals surface area contributed by atoms with E-state index in [0.717, 1.165) is 11.1 Å². The molecule has 1 aromatic heterocycles. The van der Waals surface area contributed by atoms with Gasteiger partial charge >= 0.3 is 0 Å². The van der Waals surface area contributed by atoms with E-state index < -0.39 is 0 Å². The summed E-state index contributed by atoms with van der Waals surface area (Å²) < 4.78 is 27.1. The summed E-state index contributed by atoms with van der Waals surface area (Å²) in [7, 11) is 0. The van der Waals surface area contributed by atoms with Crippen molar-refractivity contribution in [2.45, 2.75) is 18.9 Å². The fourth-order valence-corrected chi connectivity index (χ4v) is 4.77. The van der Waals surface area contributed by atoms with Crippen molar-refractivity contribution in [2.24, 2.45) is 0 Å². The molecule has 5 rings (SSSR count). The molecule has 0 spiro atoms. The number of carbonyl (C=O) groups excluding carboxylic acids is 1. The van der Waals surface area contributed by atoms with Gasteiger partial charge < -0.3 is 9.88 Å². The summed E-state index contributed by atoms with van der Waals surface area (Å²) in [5, 5.41) is 0.528. The van der Waals surface area contributed by atoms with Crippen molar-refractivity contribution in [2.75, 3.05) is 26.2 Å². The number of H-pyrrole nitrogens is 1. The number of halogens is 2. The normalized spacial score (nSPS) is 14.5. The lowest BCUT2D eigenvalue weighted by molar-refractivity contribution is -0.133. The van der Waals surface area contributed by atoms with Gasteiger partial charge in [-0.3, -0.25) is 14.5 Å². The molecule has 6 nitrogen and oxygen atoms in total. The summed E-state index contributed by atoms with van der Waals surface area (Å²) in [6, 6.07) is 19.7. The molecule has 36 heavy (non-hydrogen) atoms. The van der Waals surface area contributed by atoms with Crippen LogP contribution in [0.25, 0.3) is 10.9 Å². The molecule has 1 aliphatic heterocycles. The van der Waals surface area contributed by atoms with Crippen molar-refractivity contribution in [1.82, 2.24) is 19.8 Å². The highest BCUT2D eigenvalue weighted by atomic mass is 19.1. The first-order valence-electron chi connectivity index (χ1n) is 12.0. The van der Waals surface area contributed by atoms with Gasteiger partial charge in [0.15, 0.2) is 0 Å². The Kier molecular flexibility index (Phi) is 6.86. The molecule has 2 heterocycles. The molecule has 0 aliphatic carbocycles. The van der Waals surface area contributed by atoms with E-state index in [0.29, 0.717) is 49.3 Å². The third kappa shape index (κ3) is 5.18. The molecule has 184 valence electrons. The van der Waals surface area contributed by atoms with Crippen LogP contribution in [-0.2, 0) is 11.2 Å². The van der Waals surface area contributed by atoms with Crippen molar-refractivity contribution in [1.29, 1.82) is 0 Å². The van der Waals surface area contributed by atoms with E-state index >= 15 is 0 Å². The Balaban J connectivity index is 1.24. The van der Waals surface area contributed by atoms with E-state index in [1.165, 1.54) is 24.3 Å². The Bertz CT molecular complexity index is 1370. The van der Waals surface area contributed by atoms with Crippen LogP contribution in [0, 0.1) is 11.6 Å². The number of aromatic amines is 1. The zero-order valence-electron chi connectivity index (χ0n) is 19.7. The van der Waals surface area contributed by atoms with Gasteiger partial charge in [0.25, 0.3) is 5.56 Å². The lowest BCUT2D eigenvalue weighted by atomic mass is 9.96. The monoisotopic (exact) mass is 488 g/mol. The molecular weight excluding hydrogens is 462 g/mol. The van der Waals surface area contributed by atoms with Crippen LogP contribution in [-0.4, -0.2) is 51.9 Å². The van der Waals surface area contributed by atoms with Crippen LogP contribution in [0.5, 0.6) is 0 Å². The van der Waals surface area contributed by atoms with Crippen LogP contribution in [0.2, 0.25) is 0 Å². The van der Waals surface area contributed by atoms with Crippen molar-refractivity contribution < 1.29 is 13.6 Å². The van der Waals surface area contributed by atoms with E-state index in [9.17, 15) is 18.4 Å². The third-order valence-electron chi connectivity index (χ3n) is 6.64. The van der Waals surface area contributed by atoms with Gasteiger partial charge in [-0.2, -0.15) is 0 Å². The number of hydrogen-bond donors (Lipinski definition) is 1. The summed E-state index contributed by atoms with van der Waals surface area (Å²) in [4.78, 5) is 36.5. The van der Waals surface area contributed by atoms with Gasteiger partial charge in [-0.05, 0) is 47.5 Å². The van der Waals surface area contributed by atoms with Gasteiger partial charge in [-0.25, -0.2) is 13.8 Å². The Morgan fingerprint density at radius 1 is 0.861 bits per heavy atom. The first-order valence-corrected chi connectivity index (χ1v) is 12.0. The number of amides is 1. The van der Waals surface area contributed by atoms with Crippen LogP contribution >= 0.6 is 0 Å². The van der Waals surface area contributed by atoms with Crippen molar-refractivity contribution >= 4 is 16.8 Å². The predicted molar refractivity (Wildman–Crippen MR) is 133 cm³/mol. The quantitative estimate of drug-likeness (QED) is 0.444. The summed E-state index contributed by atoms with van der Waals surface area (Å²) in [6.07, 6.45) is 0.605. The molecule has 3 aromatic carbocycles. The number of nitrogens with one attached hydrogen (secondary N) is 1. The lowest BCUT2D eigenvalue weighted by Crippen LogP contribution is -2.50. The Hall–Kier alpha value is -3.91. The topological polar surface area (TPSA) is 69.3 Å². The van der Waals surface area contributed by atoms with Gasteiger partial charge in [0.2, 0.25) is 5.91 Å². The second-order valence-corrected chi connectivity index (χ2v) is 8.95. The van der Waals surface area contributed by atoms with E-state index in [-0.39, 0.29) is 35.6 Å². The smallest absolute Gasteiger partial charge is 0.258 e. The Morgan fingerprint density at radius 3 is 2.06 bits per heavy atom. The number of nitrogens with zero attached hydrogens (tertiary/aromatic N) is 3. The van der Waals surface area contributed by atoms with Gasteiger partial charge in [0, 0.05) is 39.0 Å². The molecule has 0 saturated carbocycles. The molecule has 1 N–H and O–H groups in total. The minimum absolute atomic E-state index is 0.00516. The summed E-state index contributed by atoms with van der Waals surface area (Å²) >= 11 is 0. The number of carbonyl (C=O) groups is 1. The van der Waals surface area contributed by atoms with Gasteiger partial charge in [0.1, 0.15) is 17.5 Å². The van der Waals surface area contributed by atoms with Crippen molar-refractivity contribution in [3.05, 3.63) is 112 Å². The number of rotatable bonds is 6. The molecule has 8 heteroatoms. The zero-order chi connectivity index (χ0) is 25.1. The number of fused-ring (bicyclic) bond motifs is 1. The number of benzene rings is 3. The van der Waals surface area contributed by atoms with Gasteiger partial charge in [0.05, 0.1) is 16.9 Å². The maximum absolute atomic E-state index is 13.6. The SMILES string of the molecule is O=C(CCc1nc2ccccc2c(=O)[nH]1)N1CCN(C(c2ccc(F)cc2)c2ccc(F)cc2)CC1. The van der Waals surface area contributed by atoms with E-state index in [1.807, 2.05) is 11.0 Å². The molecule has 1 amide bonds. The highest BCUT2D eigenvalue weighted by Gasteiger charge is 2.28. The summed E-state index contributed by atoms with van der Waals surface area (Å²) in [5.74, 6) is -0.118. The minimum Gasteiger partial charge on any atom is -0.340 e. The lowest BCUT2D eigenvalue weighted by Gasteiger charge is -2.40. The number of aryl methyl sites for hydroxylation is 1. The van der Waals surface area contributed by atoms with Gasteiger partial charge in [-0.15, -0.1) is 0 Å². The maximum atomic E-state index is 13.6. The largest absolute Gasteiger partial charge is 0.340 e. The molecule has 1 fully saturated rings. The number of aromatic nitrogens is 2. The Morgan fingerprint density at radius 2 is 1.44 bits per heavy atom. The van der Waals surface area contributed by atoms with Crippen molar-refractivity contribution in [3.63, 3.8) is 0 Å². The van der Waals surface area contributed by atoms with E-state index in [2.05, 4.69) is 14.9 Å². The Labute approximate surface area is 207 Å². The highest BCUT2D eigenvalue weighted by molar-refractivity contribution is 5.78. The third-order valence-corrected chi connectivity index (χ3v) is 6.64. The molecular formula is C28H26F2N4O2. The van der Waals surface area contributed by atoms with Crippen LogP contribution < -0.4 is 5.56 Å². The zero-order valence-corrected chi connectivity index (χ0v) is 19.7. The van der Waals surface area contributed by atoms with E-state index in [4.69, 9.17) is 0 Å². The second kappa shape index (κ2) is 10.4. The average Bonchev–Trinajstić information content (AvgIpc) is 2.90. The first kappa shape index (κ1) is 23.8. The molecule has 0 radical (unpaired) electrons. The number of para-hydroxylation sites is 1. The fourth-order valence-electron chi connectivity index (χ4n) is 4.77. The van der Waals surface area contributed by atoms with Crippen LogP contribution in [0.15, 0.2) is 77.6 Å². The van der Waals surface area contributed by atoms with E-state index in [1.54, 1.807) is 42.5 Å². The van der Waals surface area contributed by atoms with Crippen LogP contribution in [0.4, 0.5) is 8.78 Å². The molecule has 1 aliphatic rings. The number of piperazine rings is 1. The standard InChI is InChI=1S/C28H26F2N4O2/c29-21-9-5-19(6-10-21)27(20-7-11-22(30)12-8-20)34-17-15-33(16-18-34)26(35)14-13-25-31-24-4-2-1-3-23(24)28(36)32-25/h1-12,27H,13-18H2,(H,31,32,36). The molecule has 0 atom stereocenters.